The van der Waals surface area contributed by atoms with Crippen LogP contribution in [0, 0.1) is 11.8 Å². The van der Waals surface area contributed by atoms with E-state index >= 15 is 0 Å². The first-order chi connectivity index (χ1) is 9.16. The Morgan fingerprint density at radius 1 is 1.53 bits per heavy atom. The number of anilines is 1. The van der Waals surface area contributed by atoms with E-state index in [1.807, 2.05) is 0 Å². The molecule has 2 unspecified atom stereocenters. The average molecular weight is 262 g/mol. The number of carboxylic acid groups (broad SMARTS) is 1. The van der Waals surface area contributed by atoms with E-state index in [2.05, 4.69) is 17.2 Å². The van der Waals surface area contributed by atoms with Crippen LogP contribution in [-0.4, -0.2) is 22.6 Å². The first-order valence-electron chi connectivity index (χ1n) is 7.09. The molecule has 0 radical (unpaired) electrons. The van der Waals surface area contributed by atoms with Crippen LogP contribution < -0.4 is 5.32 Å². The number of hydrogen-bond acceptors (Lipinski definition) is 3. The van der Waals surface area contributed by atoms with Gasteiger partial charge in [-0.3, -0.25) is 0 Å². The van der Waals surface area contributed by atoms with Crippen molar-refractivity contribution in [3.8, 4) is 0 Å². The fourth-order valence-corrected chi connectivity index (χ4v) is 2.94. The number of nitrogens with zero attached hydrogens (tertiary/aromatic N) is 1. The molecule has 1 aliphatic carbocycles. The molecule has 1 saturated carbocycles. The lowest BCUT2D eigenvalue weighted by Crippen LogP contribution is -2.17. The predicted molar refractivity (Wildman–Crippen MR) is 75.4 cm³/mol. The van der Waals surface area contributed by atoms with Crippen molar-refractivity contribution in [1.29, 1.82) is 0 Å². The normalized spacial score (nSPS) is 23.0. The molecule has 19 heavy (non-hydrogen) atoms. The summed E-state index contributed by atoms with van der Waals surface area (Å²) in [6, 6.07) is 3.23. The lowest BCUT2D eigenvalue weighted by Gasteiger charge is -2.26. The van der Waals surface area contributed by atoms with Gasteiger partial charge in [-0.1, -0.05) is 26.2 Å². The third kappa shape index (κ3) is 3.94. The standard InChI is InChI=1S/C15H22N2O2/c1-11-4-2-5-12(10-11)7-9-17-14-13(15(18)19)6-3-8-16-14/h3,6,8,11-12H,2,4-5,7,9-10H2,1H3,(H,16,17)(H,18,19). The summed E-state index contributed by atoms with van der Waals surface area (Å²) in [7, 11) is 0. The van der Waals surface area contributed by atoms with Crippen molar-refractivity contribution in [2.24, 2.45) is 11.8 Å². The molecular formula is C15H22N2O2. The number of carboxylic acids is 1. The minimum atomic E-state index is -0.929. The van der Waals surface area contributed by atoms with Crippen molar-refractivity contribution >= 4 is 11.8 Å². The Hall–Kier alpha value is -1.58. The second-order valence-corrected chi connectivity index (χ2v) is 5.56. The van der Waals surface area contributed by atoms with Gasteiger partial charge < -0.3 is 10.4 Å². The largest absolute Gasteiger partial charge is 0.478 e. The van der Waals surface area contributed by atoms with Gasteiger partial charge in [0.1, 0.15) is 11.4 Å². The van der Waals surface area contributed by atoms with Crippen LogP contribution in [0.15, 0.2) is 18.3 Å². The van der Waals surface area contributed by atoms with Gasteiger partial charge in [0, 0.05) is 12.7 Å². The highest BCUT2D eigenvalue weighted by atomic mass is 16.4. The fraction of sp³-hybridized carbons (Fsp3) is 0.600. The smallest absolute Gasteiger partial charge is 0.339 e. The summed E-state index contributed by atoms with van der Waals surface area (Å²) >= 11 is 0. The number of carbonyl (C=O) groups is 1. The molecule has 0 amide bonds. The highest BCUT2D eigenvalue weighted by Crippen LogP contribution is 2.30. The monoisotopic (exact) mass is 262 g/mol. The minimum absolute atomic E-state index is 0.250. The molecule has 0 spiro atoms. The van der Waals surface area contributed by atoms with Gasteiger partial charge in [-0.15, -0.1) is 0 Å². The summed E-state index contributed by atoms with van der Waals surface area (Å²) in [5, 5.41) is 12.2. The SMILES string of the molecule is CC1CCCC(CCNc2ncccc2C(=O)O)C1. The second kappa shape index (κ2) is 6.55. The molecule has 0 aliphatic heterocycles. The van der Waals surface area contributed by atoms with E-state index < -0.39 is 5.97 Å². The quantitative estimate of drug-likeness (QED) is 0.853. The molecule has 4 heteroatoms. The highest BCUT2D eigenvalue weighted by molar-refractivity contribution is 5.92. The van der Waals surface area contributed by atoms with Gasteiger partial charge in [0.25, 0.3) is 0 Å². The fourth-order valence-electron chi connectivity index (χ4n) is 2.94. The molecule has 2 rings (SSSR count). The van der Waals surface area contributed by atoms with E-state index in [1.165, 1.54) is 25.7 Å². The van der Waals surface area contributed by atoms with Crippen molar-refractivity contribution in [1.82, 2.24) is 4.98 Å². The summed E-state index contributed by atoms with van der Waals surface area (Å²) in [5.74, 6) is 1.16. The first-order valence-corrected chi connectivity index (χ1v) is 7.09. The second-order valence-electron chi connectivity index (χ2n) is 5.56. The Labute approximate surface area is 114 Å². The third-order valence-electron chi connectivity index (χ3n) is 3.93. The van der Waals surface area contributed by atoms with Crippen molar-refractivity contribution in [2.45, 2.75) is 39.0 Å². The van der Waals surface area contributed by atoms with E-state index in [4.69, 9.17) is 5.11 Å². The molecular weight excluding hydrogens is 240 g/mol. The zero-order valence-corrected chi connectivity index (χ0v) is 11.4. The lowest BCUT2D eigenvalue weighted by molar-refractivity contribution is 0.0697. The summed E-state index contributed by atoms with van der Waals surface area (Å²) in [6.07, 6.45) is 8.01. The number of aromatic carboxylic acids is 1. The molecule has 1 heterocycles. The van der Waals surface area contributed by atoms with Gasteiger partial charge in [-0.25, -0.2) is 9.78 Å². The minimum Gasteiger partial charge on any atom is -0.478 e. The number of hydrogen-bond donors (Lipinski definition) is 2. The zero-order chi connectivity index (χ0) is 13.7. The van der Waals surface area contributed by atoms with Crippen LogP contribution in [0.1, 0.15) is 49.4 Å². The van der Waals surface area contributed by atoms with Crippen LogP contribution >= 0.6 is 0 Å². The van der Waals surface area contributed by atoms with Gasteiger partial charge in [0.15, 0.2) is 0 Å². The van der Waals surface area contributed by atoms with Crippen LogP contribution in [0.4, 0.5) is 5.82 Å². The molecule has 4 nitrogen and oxygen atoms in total. The van der Waals surface area contributed by atoms with Crippen LogP contribution in [0.3, 0.4) is 0 Å². The number of nitrogens with one attached hydrogen (secondary N) is 1. The Kier molecular flexibility index (Phi) is 4.77. The van der Waals surface area contributed by atoms with E-state index in [1.54, 1.807) is 18.3 Å². The summed E-state index contributed by atoms with van der Waals surface area (Å²) in [4.78, 5) is 15.2. The maximum absolute atomic E-state index is 11.0. The van der Waals surface area contributed by atoms with Gasteiger partial charge in [-0.2, -0.15) is 0 Å². The molecule has 0 aromatic carbocycles. The van der Waals surface area contributed by atoms with Crippen molar-refractivity contribution in [3.05, 3.63) is 23.9 Å². The Morgan fingerprint density at radius 3 is 3.11 bits per heavy atom. The number of pyridine rings is 1. The Bertz CT molecular complexity index is 434. The molecule has 0 bridgehead atoms. The lowest BCUT2D eigenvalue weighted by atomic mass is 9.81. The molecule has 2 atom stereocenters. The van der Waals surface area contributed by atoms with E-state index in [-0.39, 0.29) is 5.56 Å². The van der Waals surface area contributed by atoms with Crippen LogP contribution in [-0.2, 0) is 0 Å². The molecule has 2 N–H and O–H groups in total. The molecule has 1 fully saturated rings. The van der Waals surface area contributed by atoms with Crippen molar-refractivity contribution in [2.75, 3.05) is 11.9 Å². The number of rotatable bonds is 5. The van der Waals surface area contributed by atoms with Crippen molar-refractivity contribution in [3.63, 3.8) is 0 Å². The number of aromatic nitrogens is 1. The van der Waals surface area contributed by atoms with E-state index in [0.717, 1.165) is 24.8 Å². The molecule has 1 aliphatic rings. The van der Waals surface area contributed by atoms with Crippen LogP contribution in [0.25, 0.3) is 0 Å². The summed E-state index contributed by atoms with van der Waals surface area (Å²) in [5.41, 5.74) is 0.250. The molecule has 1 aromatic heterocycles. The van der Waals surface area contributed by atoms with E-state index in [9.17, 15) is 4.79 Å². The highest BCUT2D eigenvalue weighted by Gasteiger charge is 2.18. The summed E-state index contributed by atoms with van der Waals surface area (Å²) in [6.45, 7) is 3.12. The van der Waals surface area contributed by atoms with Crippen molar-refractivity contribution < 1.29 is 9.90 Å². The van der Waals surface area contributed by atoms with Gasteiger partial charge >= 0.3 is 5.97 Å². The van der Waals surface area contributed by atoms with Crippen LogP contribution in [0.2, 0.25) is 0 Å². The third-order valence-corrected chi connectivity index (χ3v) is 3.93. The van der Waals surface area contributed by atoms with Crippen LogP contribution in [0.5, 0.6) is 0 Å². The molecule has 104 valence electrons. The maximum atomic E-state index is 11.0. The van der Waals surface area contributed by atoms with Gasteiger partial charge in [0.05, 0.1) is 0 Å². The Balaban J connectivity index is 1.84. The van der Waals surface area contributed by atoms with E-state index in [0.29, 0.717) is 5.82 Å². The van der Waals surface area contributed by atoms with Gasteiger partial charge in [0.2, 0.25) is 0 Å². The molecule has 0 saturated heterocycles. The topological polar surface area (TPSA) is 62.2 Å². The molecule has 1 aromatic rings. The predicted octanol–water partition coefficient (Wildman–Crippen LogP) is 3.41. The maximum Gasteiger partial charge on any atom is 0.339 e. The summed E-state index contributed by atoms with van der Waals surface area (Å²) < 4.78 is 0. The van der Waals surface area contributed by atoms with Gasteiger partial charge in [-0.05, 0) is 36.8 Å². The Morgan fingerprint density at radius 2 is 2.37 bits per heavy atom. The average Bonchev–Trinajstić information content (AvgIpc) is 2.39. The first kappa shape index (κ1) is 13.8. The zero-order valence-electron chi connectivity index (χ0n) is 11.4.